The van der Waals surface area contributed by atoms with Crippen LogP contribution in [0.5, 0.6) is 0 Å². The van der Waals surface area contributed by atoms with Crippen LogP contribution in [0, 0.1) is 0 Å². The van der Waals surface area contributed by atoms with Crippen molar-refractivity contribution in [3.8, 4) is 0 Å². The van der Waals surface area contributed by atoms with Gasteiger partial charge in [-0.05, 0) is 40.1 Å². The maximum atomic E-state index is 5.93. The Morgan fingerprint density at radius 1 is 1.05 bits per heavy atom. The SMILES string of the molecule is NNC(c1ccc(Cl)cc1)c1cccc2ccsc12. The van der Waals surface area contributed by atoms with Gasteiger partial charge in [0.25, 0.3) is 0 Å². The molecule has 2 nitrogen and oxygen atoms in total. The maximum Gasteiger partial charge on any atom is 0.0724 e. The highest BCUT2D eigenvalue weighted by molar-refractivity contribution is 7.17. The molecule has 19 heavy (non-hydrogen) atoms. The lowest BCUT2D eigenvalue weighted by Gasteiger charge is -2.17. The zero-order valence-corrected chi connectivity index (χ0v) is 11.7. The number of benzene rings is 2. The summed E-state index contributed by atoms with van der Waals surface area (Å²) in [5.74, 6) is 5.76. The summed E-state index contributed by atoms with van der Waals surface area (Å²) in [5, 5.41) is 4.08. The van der Waals surface area contributed by atoms with E-state index < -0.39 is 0 Å². The van der Waals surface area contributed by atoms with Crippen molar-refractivity contribution in [2.45, 2.75) is 6.04 Å². The van der Waals surface area contributed by atoms with Crippen molar-refractivity contribution in [1.29, 1.82) is 0 Å². The van der Waals surface area contributed by atoms with Crippen LogP contribution >= 0.6 is 22.9 Å². The highest BCUT2D eigenvalue weighted by atomic mass is 35.5. The summed E-state index contributed by atoms with van der Waals surface area (Å²) < 4.78 is 1.26. The minimum absolute atomic E-state index is 0.0281. The summed E-state index contributed by atoms with van der Waals surface area (Å²) in [6.45, 7) is 0. The van der Waals surface area contributed by atoms with Crippen molar-refractivity contribution in [2.75, 3.05) is 0 Å². The average molecular weight is 289 g/mol. The smallest absolute Gasteiger partial charge is 0.0724 e. The van der Waals surface area contributed by atoms with Gasteiger partial charge in [-0.2, -0.15) is 0 Å². The van der Waals surface area contributed by atoms with E-state index in [1.807, 2.05) is 24.3 Å². The molecular weight excluding hydrogens is 276 g/mol. The quantitative estimate of drug-likeness (QED) is 0.562. The number of nitrogens with one attached hydrogen (secondary N) is 1. The highest BCUT2D eigenvalue weighted by Crippen LogP contribution is 2.32. The van der Waals surface area contributed by atoms with Crippen LogP contribution in [-0.2, 0) is 0 Å². The van der Waals surface area contributed by atoms with Crippen molar-refractivity contribution >= 4 is 33.0 Å². The van der Waals surface area contributed by atoms with Crippen molar-refractivity contribution in [1.82, 2.24) is 5.43 Å². The lowest BCUT2D eigenvalue weighted by molar-refractivity contribution is 0.641. The monoisotopic (exact) mass is 288 g/mol. The second kappa shape index (κ2) is 5.31. The molecule has 96 valence electrons. The molecule has 3 aromatic rings. The van der Waals surface area contributed by atoms with Gasteiger partial charge in [0.2, 0.25) is 0 Å². The zero-order valence-electron chi connectivity index (χ0n) is 10.1. The third-order valence-electron chi connectivity index (χ3n) is 3.19. The fraction of sp³-hybridized carbons (Fsp3) is 0.0667. The maximum absolute atomic E-state index is 5.93. The summed E-state index contributed by atoms with van der Waals surface area (Å²) in [5.41, 5.74) is 5.20. The van der Waals surface area contributed by atoms with Crippen LogP contribution in [0.1, 0.15) is 17.2 Å². The Kier molecular flexibility index (Phi) is 3.53. The Labute approximate surface area is 120 Å². The summed E-state index contributed by atoms with van der Waals surface area (Å²) in [7, 11) is 0. The number of rotatable bonds is 3. The van der Waals surface area contributed by atoms with Crippen LogP contribution < -0.4 is 11.3 Å². The van der Waals surface area contributed by atoms with Gasteiger partial charge in [-0.15, -0.1) is 11.3 Å². The number of hydrogen-bond donors (Lipinski definition) is 2. The molecule has 3 N–H and O–H groups in total. The normalized spacial score (nSPS) is 12.7. The van der Waals surface area contributed by atoms with Crippen LogP contribution in [0.25, 0.3) is 10.1 Å². The molecule has 1 unspecified atom stereocenters. The topological polar surface area (TPSA) is 38.0 Å². The fourth-order valence-electron chi connectivity index (χ4n) is 2.26. The Bertz CT molecular complexity index is 691. The Balaban J connectivity index is 2.11. The first-order valence-corrected chi connectivity index (χ1v) is 7.23. The van der Waals surface area contributed by atoms with Gasteiger partial charge in [-0.1, -0.05) is 41.9 Å². The van der Waals surface area contributed by atoms with E-state index in [4.69, 9.17) is 17.4 Å². The molecule has 2 aromatic carbocycles. The second-order valence-electron chi connectivity index (χ2n) is 4.34. The first kappa shape index (κ1) is 12.6. The van der Waals surface area contributed by atoms with Gasteiger partial charge in [0.05, 0.1) is 6.04 Å². The van der Waals surface area contributed by atoms with E-state index in [9.17, 15) is 0 Å². The standard InChI is InChI=1S/C15H13ClN2S/c16-12-6-4-10(5-7-12)14(18-17)13-3-1-2-11-8-9-19-15(11)13/h1-9,14,18H,17H2. The van der Waals surface area contributed by atoms with Crippen LogP contribution in [0.2, 0.25) is 5.02 Å². The molecule has 1 heterocycles. The van der Waals surface area contributed by atoms with Gasteiger partial charge in [0.1, 0.15) is 0 Å². The molecule has 3 rings (SSSR count). The molecule has 0 radical (unpaired) electrons. The third kappa shape index (κ3) is 2.38. The Morgan fingerprint density at radius 3 is 2.58 bits per heavy atom. The van der Waals surface area contributed by atoms with E-state index in [2.05, 4.69) is 35.1 Å². The van der Waals surface area contributed by atoms with Crippen molar-refractivity contribution in [3.05, 3.63) is 70.1 Å². The fourth-order valence-corrected chi connectivity index (χ4v) is 3.34. The molecule has 1 atom stereocenters. The zero-order chi connectivity index (χ0) is 13.2. The number of thiophene rings is 1. The predicted octanol–water partition coefficient (Wildman–Crippen LogP) is 4.11. The average Bonchev–Trinajstić information content (AvgIpc) is 2.91. The Morgan fingerprint density at radius 2 is 1.84 bits per heavy atom. The number of hydrazine groups is 1. The number of halogens is 1. The van der Waals surface area contributed by atoms with Crippen LogP contribution in [0.4, 0.5) is 0 Å². The summed E-state index contributed by atoms with van der Waals surface area (Å²) in [6.07, 6.45) is 0. The van der Waals surface area contributed by atoms with Crippen LogP contribution in [0.15, 0.2) is 53.9 Å². The van der Waals surface area contributed by atoms with E-state index in [0.29, 0.717) is 0 Å². The summed E-state index contributed by atoms with van der Waals surface area (Å²) in [4.78, 5) is 0. The highest BCUT2D eigenvalue weighted by Gasteiger charge is 2.15. The third-order valence-corrected chi connectivity index (χ3v) is 4.42. The van der Waals surface area contributed by atoms with Gasteiger partial charge >= 0.3 is 0 Å². The van der Waals surface area contributed by atoms with Crippen molar-refractivity contribution in [3.63, 3.8) is 0 Å². The van der Waals surface area contributed by atoms with Gasteiger partial charge in [0, 0.05) is 9.72 Å². The second-order valence-corrected chi connectivity index (χ2v) is 5.69. The van der Waals surface area contributed by atoms with Gasteiger partial charge in [-0.25, -0.2) is 5.43 Å². The number of hydrogen-bond acceptors (Lipinski definition) is 3. The summed E-state index contributed by atoms with van der Waals surface area (Å²) >= 11 is 7.67. The molecule has 0 saturated carbocycles. The molecule has 0 spiro atoms. The largest absolute Gasteiger partial charge is 0.271 e. The van der Waals surface area contributed by atoms with E-state index in [1.165, 1.54) is 15.6 Å². The van der Waals surface area contributed by atoms with Crippen molar-refractivity contribution in [2.24, 2.45) is 5.84 Å². The van der Waals surface area contributed by atoms with Gasteiger partial charge in [0.15, 0.2) is 0 Å². The first-order valence-electron chi connectivity index (χ1n) is 5.97. The van der Waals surface area contributed by atoms with Crippen LogP contribution in [0.3, 0.4) is 0 Å². The molecule has 0 saturated heterocycles. The van der Waals surface area contributed by atoms with Gasteiger partial charge < -0.3 is 0 Å². The lowest BCUT2D eigenvalue weighted by Crippen LogP contribution is -2.28. The first-order chi connectivity index (χ1) is 9.29. The van der Waals surface area contributed by atoms with E-state index in [0.717, 1.165) is 10.6 Å². The molecular formula is C15H13ClN2S. The molecule has 4 heteroatoms. The molecule has 0 aliphatic heterocycles. The van der Waals surface area contributed by atoms with Gasteiger partial charge in [-0.3, -0.25) is 5.84 Å². The predicted molar refractivity (Wildman–Crippen MR) is 82.4 cm³/mol. The summed E-state index contributed by atoms with van der Waals surface area (Å²) in [6, 6.07) is 16.1. The molecule has 0 aliphatic rings. The lowest BCUT2D eigenvalue weighted by atomic mass is 9.98. The van der Waals surface area contributed by atoms with E-state index in [1.54, 1.807) is 11.3 Å². The Hall–Kier alpha value is -1.39. The molecule has 0 bridgehead atoms. The van der Waals surface area contributed by atoms with Crippen molar-refractivity contribution < 1.29 is 0 Å². The van der Waals surface area contributed by atoms with E-state index >= 15 is 0 Å². The molecule has 0 aliphatic carbocycles. The molecule has 1 aromatic heterocycles. The minimum Gasteiger partial charge on any atom is -0.271 e. The molecule has 0 amide bonds. The van der Waals surface area contributed by atoms with E-state index in [-0.39, 0.29) is 6.04 Å². The number of fused-ring (bicyclic) bond motifs is 1. The molecule has 0 fully saturated rings. The van der Waals surface area contributed by atoms with Crippen LogP contribution in [-0.4, -0.2) is 0 Å². The number of nitrogens with two attached hydrogens (primary N) is 1. The minimum atomic E-state index is -0.0281.